The molecule has 1 N–H and O–H groups in total. The van der Waals surface area contributed by atoms with E-state index in [1.54, 1.807) is 18.2 Å². The second-order valence-corrected chi connectivity index (χ2v) is 8.11. The van der Waals surface area contributed by atoms with Gasteiger partial charge in [-0.3, -0.25) is 0 Å². The molecule has 6 nitrogen and oxygen atoms in total. The van der Waals surface area contributed by atoms with Crippen LogP contribution in [-0.2, 0) is 23.8 Å². The Bertz CT molecular complexity index is 1260. The molecule has 0 aliphatic heterocycles. The van der Waals surface area contributed by atoms with E-state index in [0.29, 0.717) is 46.2 Å². The predicted molar refractivity (Wildman–Crippen MR) is 112 cm³/mol. The highest BCUT2D eigenvalue weighted by molar-refractivity contribution is 7.15. The zero-order chi connectivity index (χ0) is 22.9. The number of aliphatic carboxylic acids is 1. The van der Waals surface area contributed by atoms with Crippen molar-refractivity contribution in [1.82, 2.24) is 9.97 Å². The molecule has 4 rings (SSSR count). The second-order valence-electron chi connectivity index (χ2n) is 7.02. The van der Waals surface area contributed by atoms with Crippen LogP contribution in [-0.4, -0.2) is 27.7 Å². The molecule has 0 bridgehead atoms. The van der Waals surface area contributed by atoms with Crippen LogP contribution in [0.1, 0.15) is 22.0 Å². The molecule has 0 atom stereocenters. The fraction of sp³-hybridized carbons (Fsp3) is 0.227. The van der Waals surface area contributed by atoms with Gasteiger partial charge >= 0.3 is 12.1 Å². The van der Waals surface area contributed by atoms with Crippen molar-refractivity contribution in [1.29, 1.82) is 0 Å². The molecule has 0 saturated heterocycles. The zero-order valence-electron chi connectivity index (χ0n) is 16.8. The fourth-order valence-electron chi connectivity index (χ4n) is 3.10. The van der Waals surface area contributed by atoms with Crippen LogP contribution in [0, 0.1) is 6.92 Å². The third-order valence-corrected chi connectivity index (χ3v) is 5.95. The summed E-state index contributed by atoms with van der Waals surface area (Å²) in [5.74, 6) is -0.180. The number of alkyl halides is 3. The van der Waals surface area contributed by atoms with Gasteiger partial charge in [-0.15, -0.1) is 11.3 Å². The minimum atomic E-state index is -4.37. The number of carboxylic acids is 1. The third-order valence-electron chi connectivity index (χ3n) is 4.68. The number of hydrogen-bond donors (Lipinski definition) is 1. The highest BCUT2D eigenvalue weighted by Gasteiger charge is 2.30. The Morgan fingerprint density at radius 3 is 2.56 bits per heavy atom. The first-order chi connectivity index (χ1) is 15.2. The number of ether oxygens (including phenoxy) is 1. The highest BCUT2D eigenvalue weighted by atomic mass is 32.1. The molecule has 166 valence electrons. The minimum absolute atomic E-state index is 0.377. The van der Waals surface area contributed by atoms with Crippen LogP contribution in [0.25, 0.3) is 21.7 Å². The highest BCUT2D eigenvalue weighted by Crippen LogP contribution is 2.33. The fourth-order valence-corrected chi connectivity index (χ4v) is 4.17. The van der Waals surface area contributed by atoms with E-state index in [2.05, 4.69) is 9.97 Å². The van der Waals surface area contributed by atoms with Gasteiger partial charge in [-0.05, 0) is 37.6 Å². The summed E-state index contributed by atoms with van der Waals surface area (Å²) in [5.41, 5.74) is 1.88. The van der Waals surface area contributed by atoms with Gasteiger partial charge in [0.2, 0.25) is 0 Å². The molecule has 0 radical (unpaired) electrons. The van der Waals surface area contributed by atoms with Gasteiger partial charge in [-0.1, -0.05) is 12.1 Å². The molecule has 0 spiro atoms. The summed E-state index contributed by atoms with van der Waals surface area (Å²) in [7, 11) is 0. The van der Waals surface area contributed by atoms with E-state index < -0.39 is 24.3 Å². The first-order valence-corrected chi connectivity index (χ1v) is 10.4. The van der Waals surface area contributed by atoms with E-state index in [1.165, 1.54) is 23.5 Å². The molecule has 0 saturated carbocycles. The lowest BCUT2D eigenvalue weighted by atomic mass is 10.1. The molecular formula is C22H17F3N2O4S. The van der Waals surface area contributed by atoms with Gasteiger partial charge in [0.05, 0.1) is 11.3 Å². The zero-order valence-corrected chi connectivity index (χ0v) is 17.6. The van der Waals surface area contributed by atoms with Crippen molar-refractivity contribution < 1.29 is 32.2 Å². The Hall–Kier alpha value is -3.40. The smallest absolute Gasteiger partial charge is 0.416 e. The summed E-state index contributed by atoms with van der Waals surface area (Å²) in [6, 6.07) is 9.87. The molecule has 0 aliphatic rings. The molecule has 0 unspecified atom stereocenters. The maximum atomic E-state index is 12.8. The van der Waals surface area contributed by atoms with Crippen molar-refractivity contribution in [2.45, 2.75) is 25.9 Å². The van der Waals surface area contributed by atoms with E-state index in [-0.39, 0.29) is 0 Å². The SMILES string of the molecule is Cc1nc(-c2ccc(C(F)(F)F)cc2)sc1CCc1nc2ccc(OCC(=O)O)cc2o1. The largest absolute Gasteiger partial charge is 0.482 e. The predicted octanol–water partition coefficient (Wildman–Crippen LogP) is 5.53. The lowest BCUT2D eigenvalue weighted by Crippen LogP contribution is -2.09. The molecule has 2 heterocycles. The van der Waals surface area contributed by atoms with Crippen molar-refractivity contribution in [2.24, 2.45) is 0 Å². The molecule has 2 aromatic carbocycles. The lowest BCUT2D eigenvalue weighted by Gasteiger charge is -2.06. The number of carboxylic acid groups (broad SMARTS) is 1. The van der Waals surface area contributed by atoms with Crippen LogP contribution in [0.2, 0.25) is 0 Å². The number of oxazole rings is 1. The number of rotatable bonds is 7. The van der Waals surface area contributed by atoms with Crippen LogP contribution >= 0.6 is 11.3 Å². The first-order valence-electron chi connectivity index (χ1n) is 9.57. The van der Waals surface area contributed by atoms with Crippen molar-refractivity contribution >= 4 is 28.4 Å². The number of carbonyl (C=O) groups is 1. The summed E-state index contributed by atoms with van der Waals surface area (Å²) in [6.45, 7) is 1.41. The summed E-state index contributed by atoms with van der Waals surface area (Å²) in [5, 5.41) is 9.36. The van der Waals surface area contributed by atoms with Crippen molar-refractivity contribution in [3.63, 3.8) is 0 Å². The molecular weight excluding hydrogens is 445 g/mol. The number of nitrogens with zero attached hydrogens (tertiary/aromatic N) is 2. The monoisotopic (exact) mass is 462 g/mol. The van der Waals surface area contributed by atoms with Crippen molar-refractivity contribution in [2.75, 3.05) is 6.61 Å². The summed E-state index contributed by atoms with van der Waals surface area (Å²) >= 11 is 1.43. The minimum Gasteiger partial charge on any atom is -0.482 e. The Kier molecular flexibility index (Phi) is 5.88. The Labute approximate surface area is 184 Å². The van der Waals surface area contributed by atoms with E-state index in [9.17, 15) is 18.0 Å². The number of aryl methyl sites for hydroxylation is 3. The number of aromatic nitrogens is 2. The second kappa shape index (κ2) is 8.62. The standard InChI is InChI=1S/C22H17F3N2O4S/c1-12-18(32-21(26-12)13-2-4-14(5-3-13)22(23,24)25)8-9-19-27-16-7-6-15(10-17(16)31-19)30-11-20(28)29/h2-7,10H,8-9,11H2,1H3,(H,28,29). The molecule has 0 amide bonds. The Morgan fingerprint density at radius 1 is 1.12 bits per heavy atom. The van der Waals surface area contributed by atoms with Crippen LogP contribution in [0.5, 0.6) is 5.75 Å². The molecule has 2 aromatic heterocycles. The average Bonchev–Trinajstić information content (AvgIpc) is 3.32. The quantitative estimate of drug-likeness (QED) is 0.389. The Balaban J connectivity index is 1.45. The number of thiazole rings is 1. The van der Waals surface area contributed by atoms with E-state index in [0.717, 1.165) is 22.7 Å². The number of benzene rings is 2. The van der Waals surface area contributed by atoms with Gasteiger partial charge in [-0.2, -0.15) is 13.2 Å². The molecule has 0 fully saturated rings. The van der Waals surface area contributed by atoms with Crippen LogP contribution in [0.3, 0.4) is 0 Å². The molecule has 4 aromatic rings. The lowest BCUT2D eigenvalue weighted by molar-refractivity contribution is -0.139. The molecule has 32 heavy (non-hydrogen) atoms. The van der Waals surface area contributed by atoms with Gasteiger partial charge in [0.15, 0.2) is 18.1 Å². The number of fused-ring (bicyclic) bond motifs is 1. The third kappa shape index (κ3) is 4.91. The van der Waals surface area contributed by atoms with Crippen molar-refractivity contribution in [3.8, 4) is 16.3 Å². The molecule has 10 heteroatoms. The van der Waals surface area contributed by atoms with Crippen LogP contribution in [0.4, 0.5) is 13.2 Å². The van der Waals surface area contributed by atoms with E-state index >= 15 is 0 Å². The summed E-state index contributed by atoms with van der Waals surface area (Å²) < 4.78 is 49.2. The van der Waals surface area contributed by atoms with Gasteiger partial charge in [0, 0.05) is 22.9 Å². The first kappa shape index (κ1) is 21.8. The van der Waals surface area contributed by atoms with Gasteiger partial charge < -0.3 is 14.3 Å². The van der Waals surface area contributed by atoms with Gasteiger partial charge in [-0.25, -0.2) is 14.8 Å². The molecule has 0 aliphatic carbocycles. The number of halogens is 3. The van der Waals surface area contributed by atoms with E-state index in [1.807, 2.05) is 6.92 Å². The van der Waals surface area contributed by atoms with Crippen molar-refractivity contribution in [3.05, 3.63) is 64.5 Å². The Morgan fingerprint density at radius 2 is 1.88 bits per heavy atom. The van der Waals surface area contributed by atoms with Gasteiger partial charge in [0.1, 0.15) is 16.3 Å². The van der Waals surface area contributed by atoms with E-state index in [4.69, 9.17) is 14.3 Å². The average molecular weight is 462 g/mol. The van der Waals surface area contributed by atoms with Crippen LogP contribution in [0.15, 0.2) is 46.9 Å². The summed E-state index contributed by atoms with van der Waals surface area (Å²) in [6.07, 6.45) is -3.25. The maximum Gasteiger partial charge on any atom is 0.416 e. The number of hydrogen-bond acceptors (Lipinski definition) is 6. The van der Waals surface area contributed by atoms with Gasteiger partial charge in [0.25, 0.3) is 0 Å². The normalized spacial score (nSPS) is 11.8. The maximum absolute atomic E-state index is 12.8. The van der Waals surface area contributed by atoms with Crippen LogP contribution < -0.4 is 4.74 Å². The summed E-state index contributed by atoms with van der Waals surface area (Å²) in [4.78, 5) is 20.5. The topological polar surface area (TPSA) is 85.5 Å².